The predicted octanol–water partition coefficient (Wildman–Crippen LogP) is 3.79. The largest absolute Gasteiger partial charge is 0.466 e. The number of nitrogens with two attached hydrogens (primary N) is 1. The summed E-state index contributed by atoms with van der Waals surface area (Å²) in [7, 11) is 2.30. The summed E-state index contributed by atoms with van der Waals surface area (Å²) in [5.41, 5.74) is 7.51. The number of hydrogen-bond donors (Lipinski definition) is 1. The summed E-state index contributed by atoms with van der Waals surface area (Å²) in [6, 6.07) is 14.5. The fourth-order valence-electron chi connectivity index (χ4n) is 4.04. The van der Waals surface area contributed by atoms with Crippen molar-refractivity contribution in [3.63, 3.8) is 0 Å². The highest BCUT2D eigenvalue weighted by Gasteiger charge is 2.43. The number of allylic oxidation sites excluding steroid dienone is 1. The summed E-state index contributed by atoms with van der Waals surface area (Å²) in [5, 5.41) is 21.2. The Bertz CT molecular complexity index is 1310. The van der Waals surface area contributed by atoms with Crippen LogP contribution in [0, 0.1) is 21.4 Å². The minimum absolute atomic E-state index is 0.0307. The molecule has 0 saturated heterocycles. The monoisotopic (exact) mass is 490 g/mol. The Morgan fingerprint density at radius 3 is 2.03 bits per heavy atom. The first-order valence-electron chi connectivity index (χ1n) is 10.9. The number of ether oxygens (including phenoxy) is 2. The van der Waals surface area contributed by atoms with E-state index in [2.05, 4.69) is 20.8 Å². The third-order valence-corrected chi connectivity index (χ3v) is 5.91. The van der Waals surface area contributed by atoms with E-state index in [0.29, 0.717) is 11.3 Å². The van der Waals surface area contributed by atoms with Gasteiger partial charge in [-0.05, 0) is 28.7 Å². The second-order valence-corrected chi connectivity index (χ2v) is 9.07. The number of carbonyl (C=O) groups excluding carboxylic acids is 2. The summed E-state index contributed by atoms with van der Waals surface area (Å²) >= 11 is 0. The molecule has 0 spiro atoms. The molecule has 1 atom stereocenters. The predicted molar refractivity (Wildman–Crippen MR) is 131 cm³/mol. The van der Waals surface area contributed by atoms with Gasteiger partial charge in [-0.15, -0.1) is 0 Å². The van der Waals surface area contributed by atoms with E-state index in [-0.39, 0.29) is 33.8 Å². The molecule has 0 amide bonds. The van der Waals surface area contributed by atoms with Gasteiger partial charge in [0.25, 0.3) is 5.69 Å². The molecule has 2 aromatic carbocycles. The quantitative estimate of drug-likeness (QED) is 0.375. The zero-order valence-electron chi connectivity index (χ0n) is 20.6. The average molecular weight is 491 g/mol. The number of hydrogen-bond acceptors (Lipinski definition) is 9. The van der Waals surface area contributed by atoms with Crippen LogP contribution in [0.4, 0.5) is 11.4 Å². The van der Waals surface area contributed by atoms with Crippen molar-refractivity contribution in [1.82, 2.24) is 0 Å². The minimum atomic E-state index is -1.12. The molecule has 3 rings (SSSR count). The van der Waals surface area contributed by atoms with E-state index in [9.17, 15) is 25.0 Å². The average Bonchev–Trinajstić information content (AvgIpc) is 2.86. The van der Waals surface area contributed by atoms with Crippen LogP contribution in [0.2, 0.25) is 0 Å². The lowest BCUT2D eigenvalue weighted by Gasteiger charge is -2.36. The molecule has 0 aliphatic carbocycles. The summed E-state index contributed by atoms with van der Waals surface area (Å²) in [4.78, 5) is 38.0. The van der Waals surface area contributed by atoms with Crippen molar-refractivity contribution in [2.24, 2.45) is 5.73 Å². The van der Waals surface area contributed by atoms with E-state index >= 15 is 0 Å². The maximum atomic E-state index is 13.1. The number of nitriles is 1. The summed E-state index contributed by atoms with van der Waals surface area (Å²) in [5.74, 6) is -2.96. The van der Waals surface area contributed by atoms with Crippen LogP contribution in [0.1, 0.15) is 37.8 Å². The highest BCUT2D eigenvalue weighted by Crippen LogP contribution is 2.43. The van der Waals surface area contributed by atoms with E-state index in [1.165, 1.54) is 29.2 Å². The SMILES string of the molecule is COC(=O)C1=C(C(=O)OC)N(c2ccc(C(C)(C)C)cc2)C(N)=C(C#N)C1c1ccc([N+](=O)[O-])cc1. The number of benzene rings is 2. The van der Waals surface area contributed by atoms with Crippen LogP contribution < -0.4 is 10.6 Å². The van der Waals surface area contributed by atoms with Gasteiger partial charge >= 0.3 is 11.9 Å². The maximum Gasteiger partial charge on any atom is 0.355 e. The zero-order valence-corrected chi connectivity index (χ0v) is 20.6. The highest BCUT2D eigenvalue weighted by atomic mass is 16.6. The van der Waals surface area contributed by atoms with Gasteiger partial charge in [-0.1, -0.05) is 45.0 Å². The Morgan fingerprint density at radius 1 is 1.03 bits per heavy atom. The molecule has 2 N–H and O–H groups in total. The van der Waals surface area contributed by atoms with Crippen molar-refractivity contribution in [3.05, 3.63) is 92.4 Å². The van der Waals surface area contributed by atoms with Crippen LogP contribution in [-0.2, 0) is 24.5 Å². The number of nitrogens with zero attached hydrogens (tertiary/aromatic N) is 3. The number of anilines is 1. The summed E-state index contributed by atoms with van der Waals surface area (Å²) in [6.07, 6.45) is 0. The molecule has 36 heavy (non-hydrogen) atoms. The molecule has 0 radical (unpaired) electrons. The molecule has 10 nitrogen and oxygen atoms in total. The first-order chi connectivity index (χ1) is 17.0. The minimum Gasteiger partial charge on any atom is -0.466 e. The number of rotatable bonds is 5. The first kappa shape index (κ1) is 26.0. The third kappa shape index (κ3) is 4.63. The van der Waals surface area contributed by atoms with Crippen molar-refractivity contribution in [3.8, 4) is 6.07 Å². The summed E-state index contributed by atoms with van der Waals surface area (Å²) in [6.45, 7) is 6.15. The van der Waals surface area contributed by atoms with Crippen LogP contribution in [0.3, 0.4) is 0 Å². The van der Waals surface area contributed by atoms with Crippen molar-refractivity contribution in [2.45, 2.75) is 32.1 Å². The van der Waals surface area contributed by atoms with Gasteiger partial charge in [0.15, 0.2) is 0 Å². The van der Waals surface area contributed by atoms with Gasteiger partial charge in [-0.25, -0.2) is 9.59 Å². The van der Waals surface area contributed by atoms with Crippen LogP contribution in [0.15, 0.2) is 71.2 Å². The lowest BCUT2D eigenvalue weighted by Crippen LogP contribution is -2.40. The second kappa shape index (κ2) is 9.92. The Morgan fingerprint density at radius 2 is 1.58 bits per heavy atom. The van der Waals surface area contributed by atoms with E-state index in [1.807, 2.05) is 18.2 Å². The first-order valence-corrected chi connectivity index (χ1v) is 10.9. The van der Waals surface area contributed by atoms with Gasteiger partial charge in [0, 0.05) is 17.8 Å². The lowest BCUT2D eigenvalue weighted by atomic mass is 9.80. The molecule has 2 aromatic rings. The Labute approximate surface area is 208 Å². The van der Waals surface area contributed by atoms with Crippen molar-refractivity contribution in [2.75, 3.05) is 19.1 Å². The van der Waals surface area contributed by atoms with Crippen LogP contribution in [-0.4, -0.2) is 31.1 Å². The van der Waals surface area contributed by atoms with Gasteiger partial charge in [0.1, 0.15) is 11.5 Å². The Balaban J connectivity index is 2.34. The maximum absolute atomic E-state index is 13.1. The zero-order chi connectivity index (χ0) is 26.8. The van der Waals surface area contributed by atoms with Gasteiger partial charge < -0.3 is 15.2 Å². The van der Waals surface area contributed by atoms with Gasteiger partial charge in [-0.2, -0.15) is 5.26 Å². The smallest absolute Gasteiger partial charge is 0.355 e. The van der Waals surface area contributed by atoms with E-state index < -0.39 is 22.8 Å². The normalized spacial score (nSPS) is 15.9. The van der Waals surface area contributed by atoms with E-state index in [4.69, 9.17) is 15.2 Å². The topological polar surface area (TPSA) is 149 Å². The Hall–Kier alpha value is -4.65. The molecular weight excluding hydrogens is 464 g/mol. The van der Waals surface area contributed by atoms with E-state index in [0.717, 1.165) is 19.8 Å². The fraction of sp³-hybridized carbons (Fsp3) is 0.269. The van der Waals surface area contributed by atoms with Gasteiger partial charge in [0.2, 0.25) is 0 Å². The number of nitro groups is 1. The van der Waals surface area contributed by atoms with E-state index in [1.54, 1.807) is 12.1 Å². The van der Waals surface area contributed by atoms with Gasteiger partial charge in [-0.3, -0.25) is 15.0 Å². The summed E-state index contributed by atoms with van der Waals surface area (Å²) < 4.78 is 9.99. The molecular formula is C26H26N4O6. The molecule has 1 aliphatic heterocycles. The van der Waals surface area contributed by atoms with Gasteiger partial charge in [0.05, 0.1) is 42.3 Å². The molecule has 0 saturated carbocycles. The van der Waals surface area contributed by atoms with Crippen LogP contribution in [0.25, 0.3) is 0 Å². The van der Waals surface area contributed by atoms with Crippen molar-refractivity contribution in [1.29, 1.82) is 5.26 Å². The number of carbonyl (C=O) groups is 2. The lowest BCUT2D eigenvalue weighted by molar-refractivity contribution is -0.384. The standard InChI is InChI=1S/C26H26N4O6/c1-26(2,3)16-8-12-17(13-9-16)29-22(25(32)36-5)21(24(31)35-4)20(19(14-27)23(29)28)15-6-10-18(11-7-15)30(33)34/h6-13,20H,28H2,1-5H3. The van der Waals surface area contributed by atoms with Crippen LogP contribution in [0.5, 0.6) is 0 Å². The fourth-order valence-corrected chi connectivity index (χ4v) is 4.04. The highest BCUT2D eigenvalue weighted by molar-refractivity contribution is 6.06. The third-order valence-electron chi connectivity index (χ3n) is 5.91. The number of methoxy groups -OCH3 is 2. The molecule has 0 aromatic heterocycles. The number of nitro benzene ring substituents is 1. The number of non-ortho nitro benzene ring substituents is 1. The molecule has 1 aliphatic rings. The van der Waals surface area contributed by atoms with Crippen LogP contribution >= 0.6 is 0 Å². The molecule has 186 valence electrons. The molecule has 0 bridgehead atoms. The van der Waals surface area contributed by atoms with Crippen molar-refractivity contribution < 1.29 is 24.0 Å². The molecule has 1 unspecified atom stereocenters. The molecule has 0 fully saturated rings. The Kier molecular flexibility index (Phi) is 7.15. The molecule has 1 heterocycles. The molecule has 10 heteroatoms. The second-order valence-electron chi connectivity index (χ2n) is 9.07. The van der Waals surface area contributed by atoms with Crippen molar-refractivity contribution >= 4 is 23.3 Å². The number of esters is 2.